The first kappa shape index (κ1) is 14.5. The molecule has 4 heteroatoms. The predicted octanol–water partition coefficient (Wildman–Crippen LogP) is 4.88. The van der Waals surface area contributed by atoms with Crippen LogP contribution in [0.1, 0.15) is 23.6 Å². The highest BCUT2D eigenvalue weighted by Gasteiger charge is 2.23. The summed E-state index contributed by atoms with van der Waals surface area (Å²) in [7, 11) is 1.99. The Balaban J connectivity index is 1.93. The van der Waals surface area contributed by atoms with E-state index in [1.165, 1.54) is 16.7 Å². The van der Waals surface area contributed by atoms with Crippen LogP contribution in [0.25, 0.3) is 11.1 Å². The number of halogens is 2. The molecule has 0 spiro atoms. The zero-order valence-corrected chi connectivity index (χ0v) is 12.6. The van der Waals surface area contributed by atoms with Crippen LogP contribution in [0.3, 0.4) is 0 Å². The van der Waals surface area contributed by atoms with Crippen molar-refractivity contribution in [2.75, 3.05) is 7.05 Å². The van der Waals surface area contributed by atoms with E-state index in [1.807, 2.05) is 19.2 Å². The van der Waals surface area contributed by atoms with Crippen LogP contribution in [0.5, 0.6) is 0 Å². The van der Waals surface area contributed by atoms with Gasteiger partial charge in [-0.2, -0.15) is 8.78 Å². The van der Waals surface area contributed by atoms with Gasteiger partial charge in [0.25, 0.3) is 5.76 Å². The molecule has 1 unspecified atom stereocenters. The molecular weight excluding hydrogens is 288 g/mol. The molecule has 1 nitrogen and oxygen atoms in total. The van der Waals surface area contributed by atoms with Gasteiger partial charge in [0, 0.05) is 10.9 Å². The van der Waals surface area contributed by atoms with E-state index in [4.69, 9.17) is 0 Å². The molecule has 3 rings (SSSR count). The van der Waals surface area contributed by atoms with Gasteiger partial charge in [0.2, 0.25) is 0 Å². The summed E-state index contributed by atoms with van der Waals surface area (Å²) >= 11 is 0.588. The van der Waals surface area contributed by atoms with Crippen molar-refractivity contribution in [1.82, 2.24) is 5.32 Å². The fourth-order valence-electron chi connectivity index (χ4n) is 3.04. The van der Waals surface area contributed by atoms with Crippen LogP contribution < -0.4 is 5.32 Å². The molecule has 0 saturated carbocycles. The van der Waals surface area contributed by atoms with Crippen LogP contribution in [0.4, 0.5) is 8.78 Å². The van der Waals surface area contributed by atoms with E-state index in [9.17, 15) is 8.78 Å². The maximum absolute atomic E-state index is 12.4. The van der Waals surface area contributed by atoms with Gasteiger partial charge in [-0.15, -0.1) is 0 Å². The molecule has 0 bridgehead atoms. The van der Waals surface area contributed by atoms with Crippen LogP contribution in [0.15, 0.2) is 47.4 Å². The number of hydrogen-bond donors (Lipinski definition) is 1. The number of fused-ring (bicyclic) bond motifs is 1. The summed E-state index contributed by atoms with van der Waals surface area (Å²) in [6.45, 7) is 0. The van der Waals surface area contributed by atoms with Crippen LogP contribution in [-0.2, 0) is 6.42 Å². The smallest absolute Gasteiger partial charge is 0.288 e. The lowest BCUT2D eigenvalue weighted by Crippen LogP contribution is -2.12. The van der Waals surface area contributed by atoms with Crippen molar-refractivity contribution in [3.8, 4) is 11.1 Å². The molecule has 0 saturated heterocycles. The van der Waals surface area contributed by atoms with Crippen molar-refractivity contribution >= 4 is 11.8 Å². The Morgan fingerprint density at radius 1 is 1.14 bits per heavy atom. The van der Waals surface area contributed by atoms with Crippen LogP contribution >= 0.6 is 11.8 Å². The number of hydrogen-bond acceptors (Lipinski definition) is 2. The summed E-state index contributed by atoms with van der Waals surface area (Å²) in [6, 6.07) is 14.2. The van der Waals surface area contributed by atoms with Crippen LogP contribution in [-0.4, -0.2) is 12.8 Å². The molecule has 1 aliphatic rings. The maximum Gasteiger partial charge on any atom is 0.288 e. The standard InChI is InChI=1S/C17H17F2NS/c1-20-16-10-9-14-13(3-2-4-15(14)16)11-5-7-12(8-6-11)21-17(18)19/h2-8,16-17,20H,9-10H2,1H3. The van der Waals surface area contributed by atoms with E-state index >= 15 is 0 Å². The summed E-state index contributed by atoms with van der Waals surface area (Å²) in [5, 5.41) is 3.34. The Morgan fingerprint density at radius 2 is 1.90 bits per heavy atom. The normalized spacial score (nSPS) is 17.2. The summed E-state index contributed by atoms with van der Waals surface area (Å²) < 4.78 is 24.7. The fourth-order valence-corrected chi connectivity index (χ4v) is 3.54. The van der Waals surface area contributed by atoms with E-state index in [1.54, 1.807) is 12.1 Å². The van der Waals surface area contributed by atoms with Crippen LogP contribution in [0, 0.1) is 0 Å². The Morgan fingerprint density at radius 3 is 2.57 bits per heavy atom. The van der Waals surface area contributed by atoms with E-state index in [-0.39, 0.29) is 0 Å². The minimum Gasteiger partial charge on any atom is -0.313 e. The van der Waals surface area contributed by atoms with E-state index < -0.39 is 5.76 Å². The first-order chi connectivity index (χ1) is 10.2. The van der Waals surface area contributed by atoms with Gasteiger partial charge in [-0.3, -0.25) is 0 Å². The Labute approximate surface area is 127 Å². The van der Waals surface area contributed by atoms with Gasteiger partial charge in [-0.25, -0.2) is 0 Å². The van der Waals surface area contributed by atoms with E-state index in [0.29, 0.717) is 22.7 Å². The van der Waals surface area contributed by atoms with Crippen molar-refractivity contribution in [1.29, 1.82) is 0 Å². The van der Waals surface area contributed by atoms with E-state index in [2.05, 4.69) is 23.5 Å². The SMILES string of the molecule is CNC1CCc2c(-c3ccc(SC(F)F)cc3)cccc21. The summed E-state index contributed by atoms with van der Waals surface area (Å²) in [5.41, 5.74) is 5.06. The Bertz CT molecular complexity index is 625. The second kappa shape index (κ2) is 6.16. The predicted molar refractivity (Wildman–Crippen MR) is 83.9 cm³/mol. The number of benzene rings is 2. The third-order valence-corrected chi connectivity index (χ3v) is 4.73. The van der Waals surface area contributed by atoms with Crippen molar-refractivity contribution in [2.24, 2.45) is 0 Å². The third kappa shape index (κ3) is 2.97. The molecule has 0 radical (unpaired) electrons. The summed E-state index contributed by atoms with van der Waals surface area (Å²) in [6.07, 6.45) is 2.17. The monoisotopic (exact) mass is 305 g/mol. The molecule has 110 valence electrons. The second-order valence-electron chi connectivity index (χ2n) is 5.16. The molecule has 0 aliphatic heterocycles. The largest absolute Gasteiger partial charge is 0.313 e. The zero-order chi connectivity index (χ0) is 14.8. The lowest BCUT2D eigenvalue weighted by molar-refractivity contribution is 0.252. The van der Waals surface area contributed by atoms with Gasteiger partial charge < -0.3 is 5.32 Å². The van der Waals surface area contributed by atoms with Crippen molar-refractivity contribution < 1.29 is 8.78 Å². The first-order valence-corrected chi connectivity index (χ1v) is 7.91. The second-order valence-corrected chi connectivity index (χ2v) is 6.22. The highest BCUT2D eigenvalue weighted by molar-refractivity contribution is 7.99. The molecule has 2 aromatic carbocycles. The first-order valence-electron chi connectivity index (χ1n) is 7.03. The van der Waals surface area contributed by atoms with Gasteiger partial charge >= 0.3 is 0 Å². The van der Waals surface area contributed by atoms with Crippen molar-refractivity contribution in [2.45, 2.75) is 29.5 Å². The lowest BCUT2D eigenvalue weighted by Gasteiger charge is -2.12. The molecule has 0 heterocycles. The molecule has 1 N–H and O–H groups in total. The Kier molecular flexibility index (Phi) is 4.27. The highest BCUT2D eigenvalue weighted by Crippen LogP contribution is 2.38. The maximum atomic E-state index is 12.4. The zero-order valence-electron chi connectivity index (χ0n) is 11.8. The molecule has 0 amide bonds. The number of rotatable bonds is 4. The summed E-state index contributed by atoms with van der Waals surface area (Å²) in [5.74, 6) is -2.37. The molecule has 21 heavy (non-hydrogen) atoms. The van der Waals surface area contributed by atoms with Gasteiger partial charge in [-0.1, -0.05) is 42.1 Å². The molecule has 1 aliphatic carbocycles. The fraction of sp³-hybridized carbons (Fsp3) is 0.294. The average molecular weight is 305 g/mol. The molecule has 1 atom stereocenters. The van der Waals surface area contributed by atoms with Crippen molar-refractivity contribution in [3.05, 3.63) is 53.6 Å². The minimum absolute atomic E-state index is 0.425. The van der Waals surface area contributed by atoms with Gasteiger partial charge in [0.15, 0.2) is 0 Å². The third-order valence-electron chi connectivity index (χ3n) is 4.01. The number of alkyl halides is 2. The molecule has 2 aromatic rings. The van der Waals surface area contributed by atoms with Gasteiger partial charge in [-0.05, 0) is 54.3 Å². The van der Waals surface area contributed by atoms with E-state index in [0.717, 1.165) is 18.4 Å². The lowest BCUT2D eigenvalue weighted by atomic mass is 9.96. The topological polar surface area (TPSA) is 12.0 Å². The molecular formula is C17H17F2NS. The van der Waals surface area contributed by atoms with Gasteiger partial charge in [0.1, 0.15) is 0 Å². The number of thioether (sulfide) groups is 1. The summed E-state index contributed by atoms with van der Waals surface area (Å²) in [4.78, 5) is 0.606. The number of nitrogens with one attached hydrogen (secondary N) is 1. The quantitative estimate of drug-likeness (QED) is 0.808. The highest BCUT2D eigenvalue weighted by atomic mass is 32.2. The van der Waals surface area contributed by atoms with Gasteiger partial charge in [0.05, 0.1) is 0 Å². The van der Waals surface area contributed by atoms with Crippen molar-refractivity contribution in [3.63, 3.8) is 0 Å². The average Bonchev–Trinajstić information content (AvgIpc) is 2.90. The Hall–Kier alpha value is -1.39. The molecule has 0 fully saturated rings. The molecule has 0 aromatic heterocycles. The van der Waals surface area contributed by atoms with Crippen LogP contribution in [0.2, 0.25) is 0 Å². The minimum atomic E-state index is -2.37.